The first-order valence-electron chi connectivity index (χ1n) is 3.16. The molecule has 8 heavy (non-hydrogen) atoms. The number of ether oxygens (including phenoxy) is 1. The Morgan fingerprint density at radius 3 is 2.38 bits per heavy atom. The lowest BCUT2D eigenvalue weighted by Crippen LogP contribution is -2.03. The number of fused-ring (bicyclic) bond motifs is 1. The molecule has 2 nitrogen and oxygen atoms in total. The number of hydrogen-bond donors (Lipinski definition) is 1. The lowest BCUT2D eigenvalue weighted by atomic mass is 10.1. The van der Waals surface area contributed by atoms with Crippen molar-refractivity contribution in [2.45, 2.75) is 25.0 Å². The Balaban J connectivity index is 1.89. The summed E-state index contributed by atoms with van der Waals surface area (Å²) in [6.45, 7) is 0.358. The van der Waals surface area contributed by atoms with Gasteiger partial charge in [0.15, 0.2) is 0 Å². The first kappa shape index (κ1) is 4.77. The van der Waals surface area contributed by atoms with Gasteiger partial charge in [-0.25, -0.2) is 0 Å². The van der Waals surface area contributed by atoms with Gasteiger partial charge in [-0.1, -0.05) is 0 Å². The van der Waals surface area contributed by atoms with E-state index >= 15 is 0 Å². The van der Waals surface area contributed by atoms with Gasteiger partial charge in [0.25, 0.3) is 0 Å². The smallest absolute Gasteiger partial charge is 0.0845 e. The van der Waals surface area contributed by atoms with E-state index in [2.05, 4.69) is 0 Å². The Morgan fingerprint density at radius 2 is 2.00 bits per heavy atom. The molecule has 2 rings (SSSR count). The van der Waals surface area contributed by atoms with Gasteiger partial charge >= 0.3 is 0 Å². The molecule has 0 amide bonds. The molecule has 0 spiro atoms. The van der Waals surface area contributed by atoms with Crippen molar-refractivity contribution in [2.75, 3.05) is 6.61 Å². The second-order valence-electron chi connectivity index (χ2n) is 2.73. The fourth-order valence-corrected chi connectivity index (χ4v) is 1.50. The summed E-state index contributed by atoms with van der Waals surface area (Å²) in [5.41, 5.74) is 0. The summed E-state index contributed by atoms with van der Waals surface area (Å²) >= 11 is 0. The second-order valence-corrected chi connectivity index (χ2v) is 2.73. The molecule has 1 aliphatic carbocycles. The van der Waals surface area contributed by atoms with Crippen LogP contribution >= 0.6 is 0 Å². The van der Waals surface area contributed by atoms with Crippen LogP contribution in [0.5, 0.6) is 0 Å². The molecule has 1 saturated heterocycles. The zero-order valence-electron chi connectivity index (χ0n) is 4.71. The predicted octanol–water partition coefficient (Wildman–Crippen LogP) is 0.156. The van der Waals surface area contributed by atoms with Crippen LogP contribution in [0.3, 0.4) is 0 Å². The Bertz CT molecular complexity index is 92.7. The van der Waals surface area contributed by atoms with Gasteiger partial charge in [0.05, 0.1) is 12.2 Å². The van der Waals surface area contributed by atoms with Crippen LogP contribution in [-0.4, -0.2) is 23.9 Å². The quantitative estimate of drug-likeness (QED) is 0.492. The van der Waals surface area contributed by atoms with E-state index in [0.717, 1.165) is 12.8 Å². The van der Waals surface area contributed by atoms with E-state index in [1.165, 1.54) is 0 Å². The van der Waals surface area contributed by atoms with Crippen molar-refractivity contribution in [3.63, 3.8) is 0 Å². The average Bonchev–Trinajstić information content (AvgIpc) is 2.40. The molecule has 46 valence electrons. The van der Waals surface area contributed by atoms with E-state index in [1.54, 1.807) is 0 Å². The van der Waals surface area contributed by atoms with Crippen LogP contribution in [0.4, 0.5) is 0 Å². The van der Waals surface area contributed by atoms with Gasteiger partial charge in [0.1, 0.15) is 0 Å². The molecular formula is C6H10O2. The van der Waals surface area contributed by atoms with Gasteiger partial charge in [0, 0.05) is 6.61 Å². The largest absolute Gasteiger partial charge is 0.396 e. The summed E-state index contributed by atoms with van der Waals surface area (Å²) in [5.74, 6) is 0.554. The Labute approximate surface area is 48.5 Å². The highest BCUT2D eigenvalue weighted by Crippen LogP contribution is 2.41. The Kier molecular flexibility index (Phi) is 0.866. The molecule has 2 fully saturated rings. The topological polar surface area (TPSA) is 32.8 Å². The minimum atomic E-state index is 0.358. The molecule has 2 aliphatic rings. The van der Waals surface area contributed by atoms with Gasteiger partial charge < -0.3 is 9.84 Å². The van der Waals surface area contributed by atoms with Crippen molar-refractivity contribution in [3.05, 3.63) is 0 Å². The van der Waals surface area contributed by atoms with Crippen LogP contribution in [0.1, 0.15) is 12.8 Å². The first-order valence-corrected chi connectivity index (χ1v) is 3.16. The first-order chi connectivity index (χ1) is 3.90. The fourth-order valence-electron chi connectivity index (χ4n) is 1.50. The number of hydrogen-bond acceptors (Lipinski definition) is 2. The lowest BCUT2D eigenvalue weighted by Gasteiger charge is -2.03. The predicted molar refractivity (Wildman–Crippen MR) is 28.5 cm³/mol. The zero-order chi connectivity index (χ0) is 5.56. The molecule has 0 radical (unpaired) electrons. The molecule has 0 aromatic heterocycles. The van der Waals surface area contributed by atoms with E-state index in [-0.39, 0.29) is 0 Å². The van der Waals surface area contributed by atoms with E-state index in [0.29, 0.717) is 24.7 Å². The van der Waals surface area contributed by atoms with Crippen molar-refractivity contribution >= 4 is 0 Å². The van der Waals surface area contributed by atoms with Crippen molar-refractivity contribution in [3.8, 4) is 0 Å². The molecule has 0 bridgehead atoms. The van der Waals surface area contributed by atoms with Crippen LogP contribution < -0.4 is 0 Å². The average molecular weight is 114 g/mol. The minimum absolute atomic E-state index is 0.358. The third-order valence-electron chi connectivity index (χ3n) is 2.08. The molecular weight excluding hydrogens is 104 g/mol. The number of aliphatic hydroxyl groups is 1. The molecule has 1 aliphatic heterocycles. The molecule has 3 atom stereocenters. The number of epoxide rings is 1. The van der Waals surface area contributed by atoms with Crippen LogP contribution in [-0.2, 0) is 4.74 Å². The van der Waals surface area contributed by atoms with Crippen molar-refractivity contribution in [1.29, 1.82) is 0 Å². The molecule has 1 saturated carbocycles. The van der Waals surface area contributed by atoms with Crippen molar-refractivity contribution in [2.24, 2.45) is 5.92 Å². The summed E-state index contributed by atoms with van der Waals surface area (Å²) in [6.07, 6.45) is 3.27. The third-order valence-corrected chi connectivity index (χ3v) is 2.08. The highest BCUT2D eigenvalue weighted by atomic mass is 16.6. The van der Waals surface area contributed by atoms with Crippen LogP contribution in [0, 0.1) is 5.92 Å². The summed E-state index contributed by atoms with van der Waals surface area (Å²) in [5, 5.41) is 8.65. The van der Waals surface area contributed by atoms with E-state index in [4.69, 9.17) is 9.84 Å². The van der Waals surface area contributed by atoms with E-state index in [1.807, 2.05) is 0 Å². The van der Waals surface area contributed by atoms with Gasteiger partial charge in [-0.05, 0) is 18.8 Å². The van der Waals surface area contributed by atoms with Gasteiger partial charge in [-0.15, -0.1) is 0 Å². The fraction of sp³-hybridized carbons (Fsp3) is 1.00. The lowest BCUT2D eigenvalue weighted by molar-refractivity contribution is 0.181. The van der Waals surface area contributed by atoms with E-state index < -0.39 is 0 Å². The van der Waals surface area contributed by atoms with Crippen molar-refractivity contribution in [1.82, 2.24) is 0 Å². The van der Waals surface area contributed by atoms with Crippen molar-refractivity contribution < 1.29 is 9.84 Å². The Hall–Kier alpha value is -0.0800. The van der Waals surface area contributed by atoms with Crippen LogP contribution in [0.25, 0.3) is 0 Å². The van der Waals surface area contributed by atoms with E-state index in [9.17, 15) is 0 Å². The minimum Gasteiger partial charge on any atom is -0.396 e. The highest BCUT2D eigenvalue weighted by Gasteiger charge is 2.47. The third kappa shape index (κ3) is 0.565. The summed E-state index contributed by atoms with van der Waals surface area (Å²) in [7, 11) is 0. The summed E-state index contributed by atoms with van der Waals surface area (Å²) in [6, 6.07) is 0. The summed E-state index contributed by atoms with van der Waals surface area (Å²) in [4.78, 5) is 0. The number of aliphatic hydroxyl groups excluding tert-OH is 1. The highest BCUT2D eigenvalue weighted by molar-refractivity contribution is 4.95. The Morgan fingerprint density at radius 1 is 1.38 bits per heavy atom. The molecule has 2 heteroatoms. The molecule has 1 heterocycles. The van der Waals surface area contributed by atoms with Gasteiger partial charge in [0.2, 0.25) is 0 Å². The molecule has 0 aromatic carbocycles. The standard InChI is InChI=1S/C6H10O2/c7-3-4-1-5-6(2-4)8-5/h4-7H,1-3H2/t4?,5-,6?/m0/s1. The maximum atomic E-state index is 8.65. The molecule has 1 N–H and O–H groups in total. The van der Waals surface area contributed by atoms with Gasteiger partial charge in [-0.2, -0.15) is 0 Å². The maximum absolute atomic E-state index is 8.65. The van der Waals surface area contributed by atoms with Crippen LogP contribution in [0.15, 0.2) is 0 Å². The normalized spacial score (nSPS) is 51.4. The molecule has 2 unspecified atom stereocenters. The SMILES string of the molecule is OCC1CC2O[C@H]2C1. The zero-order valence-corrected chi connectivity index (χ0v) is 4.71. The maximum Gasteiger partial charge on any atom is 0.0845 e. The summed E-state index contributed by atoms with van der Waals surface area (Å²) < 4.78 is 5.17. The molecule has 0 aromatic rings. The monoisotopic (exact) mass is 114 g/mol. The van der Waals surface area contributed by atoms with Crippen LogP contribution in [0.2, 0.25) is 0 Å². The van der Waals surface area contributed by atoms with Gasteiger partial charge in [-0.3, -0.25) is 0 Å². The second kappa shape index (κ2) is 1.45. The number of rotatable bonds is 1.